The molecule has 4 aromatic rings. The van der Waals surface area contributed by atoms with Gasteiger partial charge in [-0.15, -0.1) is 11.3 Å². The van der Waals surface area contributed by atoms with Gasteiger partial charge in [0.25, 0.3) is 11.8 Å². The van der Waals surface area contributed by atoms with Gasteiger partial charge in [-0.05, 0) is 43.3 Å². The van der Waals surface area contributed by atoms with Crippen LogP contribution in [0.15, 0.2) is 58.7 Å². The Morgan fingerprint density at radius 1 is 1.12 bits per heavy atom. The number of nitrogens with one attached hydrogen (secondary N) is 1. The van der Waals surface area contributed by atoms with Crippen LogP contribution >= 0.6 is 11.3 Å². The molecule has 0 bridgehead atoms. The highest BCUT2D eigenvalue weighted by Crippen LogP contribution is 2.25. The Bertz CT molecular complexity index is 1040. The number of thiazole rings is 1. The summed E-state index contributed by atoms with van der Waals surface area (Å²) in [7, 11) is 0. The van der Waals surface area contributed by atoms with Crippen LogP contribution in [0.1, 0.15) is 16.2 Å². The molecule has 0 fully saturated rings. The summed E-state index contributed by atoms with van der Waals surface area (Å²) in [6, 6.07) is 10.7. The molecule has 0 aliphatic rings. The predicted molar refractivity (Wildman–Crippen MR) is 97.8 cm³/mol. The molecule has 0 unspecified atom stereocenters. The van der Waals surface area contributed by atoms with E-state index in [2.05, 4.69) is 25.4 Å². The number of rotatable bonds is 4. The Morgan fingerprint density at radius 3 is 2.65 bits per heavy atom. The average Bonchev–Trinajstić information content (AvgIpc) is 3.32. The van der Waals surface area contributed by atoms with Crippen LogP contribution in [-0.4, -0.2) is 26.0 Å². The summed E-state index contributed by atoms with van der Waals surface area (Å²) in [6.07, 6.45) is 3.44. The Hall–Kier alpha value is -3.39. The molecule has 3 heterocycles. The van der Waals surface area contributed by atoms with E-state index in [4.69, 9.17) is 4.52 Å². The van der Waals surface area contributed by atoms with Crippen molar-refractivity contribution in [3.05, 3.63) is 65.6 Å². The highest BCUT2D eigenvalue weighted by atomic mass is 32.1. The van der Waals surface area contributed by atoms with Gasteiger partial charge in [-0.3, -0.25) is 15.1 Å². The van der Waals surface area contributed by atoms with E-state index in [1.807, 2.05) is 17.5 Å². The van der Waals surface area contributed by atoms with Gasteiger partial charge < -0.3 is 4.52 Å². The lowest BCUT2D eigenvalue weighted by molar-refractivity contribution is 0.102. The quantitative estimate of drug-likeness (QED) is 0.592. The number of hydrogen-bond donors (Lipinski definition) is 1. The van der Waals surface area contributed by atoms with Gasteiger partial charge in [-0.25, -0.2) is 4.98 Å². The van der Waals surface area contributed by atoms with Gasteiger partial charge >= 0.3 is 0 Å². The fraction of sp³-hybridized carbons (Fsp3) is 0.0556. The molecule has 0 atom stereocenters. The van der Waals surface area contributed by atoms with Crippen LogP contribution in [0.5, 0.6) is 0 Å². The van der Waals surface area contributed by atoms with Crippen LogP contribution in [0, 0.1) is 6.92 Å². The van der Waals surface area contributed by atoms with Crippen molar-refractivity contribution in [1.29, 1.82) is 0 Å². The number of pyridine rings is 1. The number of benzene rings is 1. The second-order valence-corrected chi connectivity index (χ2v) is 6.32. The lowest BCUT2D eigenvalue weighted by Gasteiger charge is -2.02. The second-order valence-electron chi connectivity index (χ2n) is 5.46. The van der Waals surface area contributed by atoms with Crippen LogP contribution in [0.3, 0.4) is 0 Å². The SMILES string of the molecule is Cc1noc(-c2ccc(C(=O)Nc3nc(-c4cccnc4)cs3)cc2)n1. The van der Waals surface area contributed by atoms with E-state index < -0.39 is 0 Å². The summed E-state index contributed by atoms with van der Waals surface area (Å²) in [5, 5.41) is 8.98. The largest absolute Gasteiger partial charge is 0.334 e. The lowest BCUT2D eigenvalue weighted by Crippen LogP contribution is -2.11. The van der Waals surface area contributed by atoms with Crippen molar-refractivity contribution < 1.29 is 9.32 Å². The molecule has 1 amide bonds. The topological polar surface area (TPSA) is 93.8 Å². The summed E-state index contributed by atoms with van der Waals surface area (Å²) < 4.78 is 5.12. The monoisotopic (exact) mass is 363 g/mol. The molecule has 7 nitrogen and oxygen atoms in total. The average molecular weight is 363 g/mol. The van der Waals surface area contributed by atoms with E-state index in [-0.39, 0.29) is 5.91 Å². The molecule has 1 N–H and O–H groups in total. The van der Waals surface area contributed by atoms with Crippen LogP contribution in [-0.2, 0) is 0 Å². The van der Waals surface area contributed by atoms with E-state index in [9.17, 15) is 4.79 Å². The number of aryl methyl sites for hydroxylation is 1. The molecule has 4 rings (SSSR count). The third-order valence-corrected chi connectivity index (χ3v) is 4.36. The zero-order chi connectivity index (χ0) is 17.9. The van der Waals surface area contributed by atoms with Crippen LogP contribution in [0.2, 0.25) is 0 Å². The van der Waals surface area contributed by atoms with E-state index in [0.29, 0.717) is 22.4 Å². The van der Waals surface area contributed by atoms with Crippen molar-refractivity contribution in [2.24, 2.45) is 0 Å². The van der Waals surface area contributed by atoms with Crippen molar-refractivity contribution in [3.63, 3.8) is 0 Å². The standard InChI is InChI=1S/C18H13N5O2S/c1-11-20-17(25-23-11)13-6-4-12(5-7-13)16(24)22-18-21-15(10-26-18)14-3-2-8-19-9-14/h2-10H,1H3,(H,21,22,24). The summed E-state index contributed by atoms with van der Waals surface area (Å²) in [5.41, 5.74) is 2.96. The van der Waals surface area contributed by atoms with E-state index in [1.165, 1.54) is 11.3 Å². The number of amides is 1. The molecule has 26 heavy (non-hydrogen) atoms. The van der Waals surface area contributed by atoms with Gasteiger partial charge in [-0.2, -0.15) is 4.98 Å². The normalized spacial score (nSPS) is 10.7. The maximum absolute atomic E-state index is 12.4. The fourth-order valence-electron chi connectivity index (χ4n) is 2.33. The van der Waals surface area contributed by atoms with Gasteiger partial charge in [-0.1, -0.05) is 5.16 Å². The molecule has 0 saturated heterocycles. The molecule has 0 aliphatic heterocycles. The van der Waals surface area contributed by atoms with Gasteiger partial charge in [0.1, 0.15) is 0 Å². The number of hydrogen-bond acceptors (Lipinski definition) is 7. The molecule has 8 heteroatoms. The van der Waals surface area contributed by atoms with E-state index >= 15 is 0 Å². The van der Waals surface area contributed by atoms with Gasteiger partial charge in [0.05, 0.1) is 5.69 Å². The minimum absolute atomic E-state index is 0.231. The highest BCUT2D eigenvalue weighted by molar-refractivity contribution is 7.14. The molecule has 0 radical (unpaired) electrons. The summed E-state index contributed by atoms with van der Waals surface area (Å²) in [5.74, 6) is 0.760. The Kier molecular flexibility index (Phi) is 4.24. The first-order chi connectivity index (χ1) is 12.7. The van der Waals surface area contributed by atoms with Crippen LogP contribution in [0.25, 0.3) is 22.7 Å². The van der Waals surface area contributed by atoms with Crippen molar-refractivity contribution in [1.82, 2.24) is 20.1 Å². The third kappa shape index (κ3) is 3.35. The summed E-state index contributed by atoms with van der Waals surface area (Å²) in [6.45, 7) is 1.75. The number of anilines is 1. The first kappa shape index (κ1) is 16.1. The number of aromatic nitrogens is 4. The number of carbonyl (C=O) groups excluding carboxylic acids is 1. The molecule has 0 aliphatic carbocycles. The maximum Gasteiger partial charge on any atom is 0.257 e. The molecule has 3 aromatic heterocycles. The van der Waals surface area contributed by atoms with E-state index in [1.54, 1.807) is 43.6 Å². The predicted octanol–water partition coefficient (Wildman–Crippen LogP) is 3.82. The first-order valence-electron chi connectivity index (χ1n) is 7.77. The zero-order valence-electron chi connectivity index (χ0n) is 13.7. The van der Waals surface area contributed by atoms with Crippen molar-refractivity contribution >= 4 is 22.4 Å². The van der Waals surface area contributed by atoms with Crippen LogP contribution in [0.4, 0.5) is 5.13 Å². The molecular weight excluding hydrogens is 350 g/mol. The van der Waals surface area contributed by atoms with Crippen molar-refractivity contribution in [3.8, 4) is 22.7 Å². The molecule has 1 aromatic carbocycles. The second kappa shape index (κ2) is 6.85. The third-order valence-electron chi connectivity index (χ3n) is 3.60. The smallest absolute Gasteiger partial charge is 0.257 e. The van der Waals surface area contributed by atoms with Crippen molar-refractivity contribution in [2.75, 3.05) is 5.32 Å². The fourth-order valence-corrected chi connectivity index (χ4v) is 3.04. The zero-order valence-corrected chi connectivity index (χ0v) is 14.5. The number of nitrogens with zero attached hydrogens (tertiary/aromatic N) is 4. The Labute approximate surface area is 152 Å². The van der Waals surface area contributed by atoms with Crippen molar-refractivity contribution in [2.45, 2.75) is 6.92 Å². The molecular formula is C18H13N5O2S. The Balaban J connectivity index is 1.47. The summed E-state index contributed by atoms with van der Waals surface area (Å²) >= 11 is 1.37. The van der Waals surface area contributed by atoms with E-state index in [0.717, 1.165) is 16.8 Å². The molecule has 128 valence electrons. The lowest BCUT2D eigenvalue weighted by atomic mass is 10.1. The van der Waals surface area contributed by atoms with Gasteiger partial charge in [0.2, 0.25) is 0 Å². The summed E-state index contributed by atoms with van der Waals surface area (Å²) in [4.78, 5) is 25.1. The first-order valence-corrected chi connectivity index (χ1v) is 8.65. The maximum atomic E-state index is 12.4. The molecule has 0 spiro atoms. The number of carbonyl (C=O) groups is 1. The van der Waals surface area contributed by atoms with Crippen LogP contribution < -0.4 is 5.32 Å². The minimum Gasteiger partial charge on any atom is -0.334 e. The van der Waals surface area contributed by atoms with Gasteiger partial charge in [0.15, 0.2) is 11.0 Å². The van der Waals surface area contributed by atoms with Gasteiger partial charge in [0, 0.05) is 34.5 Å². The molecule has 0 saturated carbocycles. The highest BCUT2D eigenvalue weighted by Gasteiger charge is 2.12. The minimum atomic E-state index is -0.231. The Morgan fingerprint density at radius 2 is 1.96 bits per heavy atom.